The molecule has 0 atom stereocenters. The van der Waals surface area contributed by atoms with Crippen molar-refractivity contribution >= 4 is 51.3 Å². The number of ether oxygens (including phenoxy) is 2. The van der Waals surface area contributed by atoms with E-state index in [1.165, 1.54) is 9.69 Å². The van der Waals surface area contributed by atoms with Crippen molar-refractivity contribution in [3.63, 3.8) is 0 Å². The van der Waals surface area contributed by atoms with Crippen molar-refractivity contribution in [3.05, 3.63) is 67.4 Å². The molecule has 0 spiro atoms. The van der Waals surface area contributed by atoms with Crippen LogP contribution >= 0.6 is 22.6 Å². The maximum Gasteiger partial charge on any atom is 0.297 e. The molecule has 1 amide bonds. The van der Waals surface area contributed by atoms with Crippen LogP contribution in [-0.4, -0.2) is 35.6 Å². The van der Waals surface area contributed by atoms with Gasteiger partial charge in [-0.3, -0.25) is 9.59 Å². The summed E-state index contributed by atoms with van der Waals surface area (Å²) in [5.74, 6) is 1.50. The van der Waals surface area contributed by atoms with Gasteiger partial charge in [0, 0.05) is 3.57 Å². The summed E-state index contributed by atoms with van der Waals surface area (Å²) >= 11 is 2.14. The van der Waals surface area contributed by atoms with Crippen molar-refractivity contribution < 1.29 is 14.3 Å². The first-order valence-corrected chi connectivity index (χ1v) is 10.4. The Hall–Kier alpha value is -3.21. The molecule has 0 radical (unpaired) electrons. The van der Waals surface area contributed by atoms with E-state index < -0.39 is 5.91 Å². The first-order valence-electron chi connectivity index (χ1n) is 9.36. The van der Waals surface area contributed by atoms with Crippen LogP contribution in [0.3, 0.4) is 0 Å². The molecule has 1 aliphatic rings. The van der Waals surface area contributed by atoms with E-state index >= 15 is 0 Å². The molecule has 1 aromatic heterocycles. The quantitative estimate of drug-likeness (QED) is 0.382. The van der Waals surface area contributed by atoms with E-state index in [0.717, 1.165) is 9.13 Å². The molecular formula is C22H19IN4O4. The standard InChI is InChI=1S/C22H19IN4O4/c1-12-24-17-7-6-15(23)11-16(17)21(28)26(12)27-13(2)25-18(22(27)29)9-14-5-8-19(30-3)20(10-14)31-4/h5-11H,1-4H3/b18-9-. The number of hydrogen-bond acceptors (Lipinski definition) is 6. The van der Waals surface area contributed by atoms with Crippen LogP contribution in [0.2, 0.25) is 0 Å². The summed E-state index contributed by atoms with van der Waals surface area (Å²) in [6.07, 6.45) is 1.64. The molecule has 8 nitrogen and oxygen atoms in total. The highest BCUT2D eigenvalue weighted by Crippen LogP contribution is 2.29. The lowest BCUT2D eigenvalue weighted by molar-refractivity contribution is -0.115. The Morgan fingerprint density at radius 1 is 1.00 bits per heavy atom. The van der Waals surface area contributed by atoms with Crippen LogP contribution in [0.25, 0.3) is 17.0 Å². The lowest BCUT2D eigenvalue weighted by Gasteiger charge is -2.20. The molecule has 0 saturated heterocycles. The summed E-state index contributed by atoms with van der Waals surface area (Å²) in [7, 11) is 3.10. The van der Waals surface area contributed by atoms with Crippen molar-refractivity contribution in [2.24, 2.45) is 4.99 Å². The van der Waals surface area contributed by atoms with Crippen molar-refractivity contribution in [1.82, 2.24) is 9.66 Å². The molecule has 0 saturated carbocycles. The molecule has 0 aliphatic carbocycles. The van der Waals surface area contributed by atoms with Crippen LogP contribution in [-0.2, 0) is 4.79 Å². The Morgan fingerprint density at radius 2 is 1.74 bits per heavy atom. The Kier molecular flexibility index (Phi) is 5.52. The number of halogens is 1. The van der Waals surface area contributed by atoms with E-state index in [-0.39, 0.29) is 11.3 Å². The molecule has 0 bridgehead atoms. The summed E-state index contributed by atoms with van der Waals surface area (Å²) in [6, 6.07) is 10.7. The lowest BCUT2D eigenvalue weighted by atomic mass is 10.1. The second-order valence-electron chi connectivity index (χ2n) is 6.86. The molecular weight excluding hydrogens is 511 g/mol. The van der Waals surface area contributed by atoms with E-state index in [2.05, 4.69) is 32.6 Å². The zero-order valence-corrected chi connectivity index (χ0v) is 19.5. The third-order valence-electron chi connectivity index (χ3n) is 4.88. The highest BCUT2D eigenvalue weighted by Gasteiger charge is 2.31. The van der Waals surface area contributed by atoms with Gasteiger partial charge in [0.25, 0.3) is 11.5 Å². The van der Waals surface area contributed by atoms with Crippen LogP contribution in [0.15, 0.2) is 51.9 Å². The second kappa shape index (κ2) is 8.14. The molecule has 0 N–H and O–H groups in total. The van der Waals surface area contributed by atoms with Crippen molar-refractivity contribution in [2.75, 3.05) is 19.2 Å². The number of aromatic nitrogens is 2. The van der Waals surface area contributed by atoms with Gasteiger partial charge in [-0.15, -0.1) is 0 Å². The largest absolute Gasteiger partial charge is 0.493 e. The third kappa shape index (κ3) is 3.69. The first-order chi connectivity index (χ1) is 14.8. The van der Waals surface area contributed by atoms with Gasteiger partial charge in [0.15, 0.2) is 11.5 Å². The van der Waals surface area contributed by atoms with Crippen molar-refractivity contribution in [1.29, 1.82) is 0 Å². The summed E-state index contributed by atoms with van der Waals surface area (Å²) in [6.45, 7) is 3.37. The fourth-order valence-electron chi connectivity index (χ4n) is 3.45. The average molecular weight is 530 g/mol. The van der Waals surface area contributed by atoms with Gasteiger partial charge in [-0.05, 0) is 78.4 Å². The van der Waals surface area contributed by atoms with Crippen LogP contribution in [0.1, 0.15) is 18.3 Å². The van der Waals surface area contributed by atoms with Gasteiger partial charge in [-0.25, -0.2) is 9.98 Å². The summed E-state index contributed by atoms with van der Waals surface area (Å²) < 4.78 is 12.8. The molecule has 1 aliphatic heterocycles. The predicted octanol–water partition coefficient (Wildman–Crippen LogP) is 3.26. The molecule has 0 unspecified atom stereocenters. The van der Waals surface area contributed by atoms with Gasteiger partial charge in [-0.2, -0.15) is 9.69 Å². The fraction of sp³-hybridized carbons (Fsp3) is 0.182. The molecule has 9 heteroatoms. The highest BCUT2D eigenvalue weighted by molar-refractivity contribution is 14.1. The number of aliphatic imine (C=N–C) groups is 1. The topological polar surface area (TPSA) is 86.0 Å². The van der Waals surface area contributed by atoms with Gasteiger partial charge < -0.3 is 9.47 Å². The smallest absolute Gasteiger partial charge is 0.297 e. The van der Waals surface area contributed by atoms with Crippen molar-refractivity contribution in [3.8, 4) is 11.5 Å². The number of nitrogens with zero attached hydrogens (tertiary/aromatic N) is 4. The summed E-state index contributed by atoms with van der Waals surface area (Å²) in [5, 5.41) is 1.70. The molecule has 4 rings (SSSR count). The Bertz CT molecular complexity index is 1340. The molecule has 0 fully saturated rings. The van der Waals surface area contributed by atoms with Gasteiger partial charge >= 0.3 is 0 Å². The van der Waals surface area contributed by atoms with Gasteiger partial charge in [0.2, 0.25) is 0 Å². The zero-order valence-electron chi connectivity index (χ0n) is 17.3. The van der Waals surface area contributed by atoms with E-state index in [1.54, 1.807) is 64.5 Å². The van der Waals surface area contributed by atoms with E-state index in [4.69, 9.17) is 9.47 Å². The first kappa shape index (κ1) is 21.0. The highest BCUT2D eigenvalue weighted by atomic mass is 127. The fourth-order valence-corrected chi connectivity index (χ4v) is 3.94. The van der Waals surface area contributed by atoms with Gasteiger partial charge in [0.05, 0.1) is 25.1 Å². The number of hydrogen-bond donors (Lipinski definition) is 0. The van der Waals surface area contributed by atoms with E-state index in [0.29, 0.717) is 34.1 Å². The number of amides is 1. The molecule has 31 heavy (non-hydrogen) atoms. The number of carbonyl (C=O) groups is 1. The molecule has 3 aromatic rings. The van der Waals surface area contributed by atoms with E-state index in [1.807, 2.05) is 6.07 Å². The van der Waals surface area contributed by atoms with Crippen molar-refractivity contribution in [2.45, 2.75) is 13.8 Å². The number of amidine groups is 1. The van der Waals surface area contributed by atoms with Crippen LogP contribution < -0.4 is 20.0 Å². The number of benzene rings is 2. The number of aryl methyl sites for hydroxylation is 1. The minimum Gasteiger partial charge on any atom is -0.493 e. The van der Waals surface area contributed by atoms with Crippen LogP contribution in [0.5, 0.6) is 11.5 Å². The third-order valence-corrected chi connectivity index (χ3v) is 5.55. The SMILES string of the molecule is COc1ccc(/C=C2\N=C(C)N(n3c(C)nc4ccc(I)cc4c3=O)C2=O)cc1OC. The van der Waals surface area contributed by atoms with Crippen LogP contribution in [0.4, 0.5) is 0 Å². The minimum absolute atomic E-state index is 0.207. The molecule has 158 valence electrons. The maximum absolute atomic E-state index is 13.2. The normalized spacial score (nSPS) is 15.0. The molecule has 2 aromatic carbocycles. The minimum atomic E-state index is -0.413. The monoisotopic (exact) mass is 530 g/mol. The number of rotatable bonds is 4. The summed E-state index contributed by atoms with van der Waals surface area (Å²) in [5.41, 5.74) is 1.19. The Balaban J connectivity index is 1.79. The summed E-state index contributed by atoms with van der Waals surface area (Å²) in [4.78, 5) is 35.3. The van der Waals surface area contributed by atoms with Gasteiger partial charge in [-0.1, -0.05) is 6.07 Å². The van der Waals surface area contributed by atoms with Crippen LogP contribution in [0, 0.1) is 10.5 Å². The lowest BCUT2D eigenvalue weighted by Crippen LogP contribution is -2.48. The average Bonchev–Trinajstić information content (AvgIpc) is 3.02. The maximum atomic E-state index is 13.2. The molecule has 2 heterocycles. The number of carbonyl (C=O) groups excluding carboxylic acids is 1. The van der Waals surface area contributed by atoms with Gasteiger partial charge in [0.1, 0.15) is 17.4 Å². The zero-order chi connectivity index (χ0) is 22.3. The Morgan fingerprint density at radius 3 is 2.45 bits per heavy atom. The number of methoxy groups -OCH3 is 2. The second-order valence-corrected chi connectivity index (χ2v) is 8.10. The Labute approximate surface area is 191 Å². The van der Waals surface area contributed by atoms with E-state index in [9.17, 15) is 9.59 Å². The predicted molar refractivity (Wildman–Crippen MR) is 127 cm³/mol. The number of fused-ring (bicyclic) bond motifs is 1.